The lowest BCUT2D eigenvalue weighted by Gasteiger charge is -2.17. The first kappa shape index (κ1) is 31.1. The van der Waals surface area contributed by atoms with Crippen molar-refractivity contribution >= 4 is 39.0 Å². The van der Waals surface area contributed by atoms with Crippen LogP contribution in [0.4, 0.5) is 4.79 Å². The van der Waals surface area contributed by atoms with Gasteiger partial charge in [0, 0.05) is 19.5 Å². The number of benzene rings is 3. The van der Waals surface area contributed by atoms with E-state index in [2.05, 4.69) is 25.3 Å². The summed E-state index contributed by atoms with van der Waals surface area (Å²) >= 11 is 0. The highest BCUT2D eigenvalue weighted by Crippen LogP contribution is 2.22. The standard InChI is InChI=1S/C31H33N5O6S/c1-19-14-20(2)28(21(3)15-19)43(41,42)36-26(30(38)39)17-27-34-25-12-11-22(16-24(25)29(37)35-27)10-7-13-32-31(40)33-18-23-8-5-4-6-9-23/h4-12,14-16,26,36H,13,17-18H2,1-3H3,(H,38,39)(H2,32,33,40)(H,34,35,37)/t26-/m0/s1. The second-order valence-corrected chi connectivity index (χ2v) is 11.8. The summed E-state index contributed by atoms with van der Waals surface area (Å²) in [5.41, 5.74) is 3.39. The third kappa shape index (κ3) is 8.15. The van der Waals surface area contributed by atoms with E-state index in [4.69, 9.17) is 0 Å². The molecule has 3 aromatic carbocycles. The third-order valence-corrected chi connectivity index (χ3v) is 8.41. The molecular formula is C31H33N5O6S. The van der Waals surface area contributed by atoms with E-state index in [0.29, 0.717) is 28.8 Å². The number of sulfonamides is 1. The van der Waals surface area contributed by atoms with Crippen molar-refractivity contribution in [2.45, 2.75) is 44.7 Å². The number of carboxylic acid groups (broad SMARTS) is 1. The van der Waals surface area contributed by atoms with Crippen molar-refractivity contribution in [1.29, 1.82) is 0 Å². The Morgan fingerprint density at radius 3 is 2.37 bits per heavy atom. The van der Waals surface area contributed by atoms with Crippen molar-refractivity contribution in [3.8, 4) is 0 Å². The topological polar surface area (TPSA) is 170 Å². The molecule has 0 saturated carbocycles. The predicted octanol–water partition coefficient (Wildman–Crippen LogP) is 3.34. The van der Waals surface area contributed by atoms with E-state index in [9.17, 15) is 27.9 Å². The summed E-state index contributed by atoms with van der Waals surface area (Å²) in [6, 6.07) is 16.0. The van der Waals surface area contributed by atoms with E-state index < -0.39 is 27.6 Å². The van der Waals surface area contributed by atoms with Gasteiger partial charge in [-0.15, -0.1) is 0 Å². The smallest absolute Gasteiger partial charge is 0.322 e. The Hall–Kier alpha value is -4.81. The number of nitrogens with zero attached hydrogens (tertiary/aromatic N) is 1. The van der Waals surface area contributed by atoms with Crippen LogP contribution in [0.15, 0.2) is 76.4 Å². The lowest BCUT2D eigenvalue weighted by molar-refractivity contribution is -0.139. The number of aryl methyl sites for hydroxylation is 3. The van der Waals surface area contributed by atoms with Gasteiger partial charge in [0.25, 0.3) is 5.56 Å². The van der Waals surface area contributed by atoms with Gasteiger partial charge in [0.05, 0.1) is 15.8 Å². The number of amides is 2. The molecule has 0 aliphatic heterocycles. The Kier molecular flexibility index (Phi) is 9.73. The molecule has 0 unspecified atom stereocenters. The number of hydrogen-bond acceptors (Lipinski definition) is 6. The fraction of sp³-hybridized carbons (Fsp3) is 0.226. The quantitative estimate of drug-likeness (QED) is 0.175. The Balaban J connectivity index is 1.42. The molecule has 1 atom stereocenters. The zero-order chi connectivity index (χ0) is 31.1. The molecule has 1 heterocycles. The molecule has 11 nitrogen and oxygen atoms in total. The van der Waals surface area contributed by atoms with Crippen LogP contribution in [-0.2, 0) is 27.8 Å². The Labute approximate surface area is 249 Å². The van der Waals surface area contributed by atoms with Gasteiger partial charge in [0.15, 0.2) is 0 Å². The van der Waals surface area contributed by atoms with E-state index in [0.717, 1.165) is 11.1 Å². The van der Waals surface area contributed by atoms with Gasteiger partial charge < -0.3 is 20.7 Å². The van der Waals surface area contributed by atoms with E-state index in [1.54, 1.807) is 56.3 Å². The molecule has 2 amide bonds. The SMILES string of the molecule is Cc1cc(C)c(S(=O)(=O)N[C@@H](Cc2nc3ccc(C=CCNC(=O)NCc4ccccc4)cc3c(=O)[nH]2)C(=O)O)c(C)c1. The number of fused-ring (bicyclic) bond motifs is 1. The van der Waals surface area contributed by atoms with E-state index in [-0.39, 0.29) is 35.1 Å². The molecule has 0 bridgehead atoms. The minimum Gasteiger partial charge on any atom is -0.480 e. The van der Waals surface area contributed by atoms with Crippen molar-refractivity contribution in [1.82, 2.24) is 25.3 Å². The van der Waals surface area contributed by atoms with Crippen LogP contribution in [0.3, 0.4) is 0 Å². The molecular weight excluding hydrogens is 570 g/mol. The molecule has 0 aliphatic rings. The number of H-pyrrole nitrogens is 1. The maximum absolute atomic E-state index is 13.1. The van der Waals surface area contributed by atoms with Gasteiger partial charge in [0.1, 0.15) is 11.9 Å². The minimum atomic E-state index is -4.18. The average Bonchev–Trinajstić information content (AvgIpc) is 2.93. The maximum atomic E-state index is 13.1. The highest BCUT2D eigenvalue weighted by Gasteiger charge is 2.29. The first-order valence-electron chi connectivity index (χ1n) is 13.5. The summed E-state index contributed by atoms with van der Waals surface area (Å²) in [5, 5.41) is 15.6. The van der Waals surface area contributed by atoms with Crippen LogP contribution in [0, 0.1) is 20.8 Å². The van der Waals surface area contributed by atoms with Gasteiger partial charge in [-0.05, 0) is 55.2 Å². The number of aliphatic carboxylic acids is 1. The van der Waals surface area contributed by atoms with Gasteiger partial charge in [0.2, 0.25) is 10.0 Å². The normalized spacial score (nSPS) is 12.3. The van der Waals surface area contributed by atoms with Gasteiger partial charge in [-0.3, -0.25) is 9.59 Å². The highest BCUT2D eigenvalue weighted by atomic mass is 32.2. The molecule has 4 rings (SSSR count). The summed E-state index contributed by atoms with van der Waals surface area (Å²) in [6.07, 6.45) is 3.11. The lowest BCUT2D eigenvalue weighted by Crippen LogP contribution is -2.43. The van der Waals surface area contributed by atoms with E-state index in [1.807, 2.05) is 37.3 Å². The summed E-state index contributed by atoms with van der Waals surface area (Å²) < 4.78 is 28.5. The zero-order valence-corrected chi connectivity index (χ0v) is 24.8. The number of carbonyl (C=O) groups excluding carboxylic acids is 1. The number of urea groups is 1. The first-order chi connectivity index (χ1) is 20.4. The molecule has 0 fully saturated rings. The molecule has 43 heavy (non-hydrogen) atoms. The number of nitrogens with one attached hydrogen (secondary N) is 4. The van der Waals surface area contributed by atoms with Gasteiger partial charge in [-0.2, -0.15) is 4.72 Å². The summed E-state index contributed by atoms with van der Waals surface area (Å²) in [5.74, 6) is -1.38. The predicted molar refractivity (Wildman–Crippen MR) is 164 cm³/mol. The van der Waals surface area contributed by atoms with Crippen LogP contribution in [0.25, 0.3) is 17.0 Å². The number of hydrogen-bond donors (Lipinski definition) is 5. The van der Waals surface area contributed by atoms with Crippen LogP contribution in [-0.4, -0.2) is 48.1 Å². The maximum Gasteiger partial charge on any atom is 0.322 e. The molecule has 4 aromatic rings. The molecule has 12 heteroatoms. The molecule has 5 N–H and O–H groups in total. The van der Waals surface area contributed by atoms with Crippen LogP contribution < -0.4 is 20.9 Å². The Morgan fingerprint density at radius 1 is 1.00 bits per heavy atom. The fourth-order valence-corrected chi connectivity index (χ4v) is 6.44. The second kappa shape index (κ2) is 13.4. The van der Waals surface area contributed by atoms with Crippen molar-refractivity contribution in [2.75, 3.05) is 6.54 Å². The van der Waals surface area contributed by atoms with Crippen LogP contribution in [0.5, 0.6) is 0 Å². The summed E-state index contributed by atoms with van der Waals surface area (Å²) in [6.45, 7) is 5.81. The first-order valence-corrected chi connectivity index (χ1v) is 15.0. The second-order valence-electron chi connectivity index (χ2n) is 10.2. The van der Waals surface area contributed by atoms with Crippen molar-refractivity contribution < 1.29 is 23.1 Å². The van der Waals surface area contributed by atoms with Crippen LogP contribution >= 0.6 is 0 Å². The molecule has 0 spiro atoms. The molecule has 1 aromatic heterocycles. The summed E-state index contributed by atoms with van der Waals surface area (Å²) in [7, 11) is -4.18. The fourth-order valence-electron chi connectivity index (χ4n) is 4.80. The van der Waals surface area contributed by atoms with E-state index in [1.165, 1.54) is 0 Å². The highest BCUT2D eigenvalue weighted by molar-refractivity contribution is 7.89. The van der Waals surface area contributed by atoms with Crippen LogP contribution in [0.1, 0.15) is 33.6 Å². The number of carboxylic acids is 1. The van der Waals surface area contributed by atoms with Crippen molar-refractivity contribution in [2.24, 2.45) is 0 Å². The molecule has 0 aliphatic carbocycles. The Morgan fingerprint density at radius 2 is 1.70 bits per heavy atom. The number of carbonyl (C=O) groups is 2. The van der Waals surface area contributed by atoms with Gasteiger partial charge in [-0.1, -0.05) is 66.2 Å². The largest absolute Gasteiger partial charge is 0.480 e. The molecule has 224 valence electrons. The average molecular weight is 604 g/mol. The van der Waals surface area contributed by atoms with Gasteiger partial charge in [-0.25, -0.2) is 18.2 Å². The minimum absolute atomic E-state index is 0.0212. The summed E-state index contributed by atoms with van der Waals surface area (Å²) in [4.78, 5) is 43.9. The van der Waals surface area contributed by atoms with Crippen LogP contribution in [0.2, 0.25) is 0 Å². The van der Waals surface area contributed by atoms with Crippen molar-refractivity contribution in [3.05, 3.63) is 111 Å². The van der Waals surface area contributed by atoms with Crippen molar-refractivity contribution in [3.63, 3.8) is 0 Å². The third-order valence-electron chi connectivity index (χ3n) is 6.63. The Bertz CT molecular complexity index is 1830. The van der Waals surface area contributed by atoms with Gasteiger partial charge >= 0.3 is 12.0 Å². The number of aromatic amines is 1. The zero-order valence-electron chi connectivity index (χ0n) is 24.0. The monoisotopic (exact) mass is 603 g/mol. The lowest BCUT2D eigenvalue weighted by atomic mass is 10.1. The van der Waals surface area contributed by atoms with E-state index >= 15 is 0 Å². The molecule has 0 radical (unpaired) electrons. The molecule has 0 saturated heterocycles. The number of rotatable bonds is 11. The number of aromatic nitrogens is 2.